The van der Waals surface area contributed by atoms with Crippen molar-refractivity contribution < 1.29 is 4.39 Å². The molecule has 5 rings (SSSR count). The number of halogens is 1. The highest BCUT2D eigenvalue weighted by molar-refractivity contribution is 5.82. The Morgan fingerprint density at radius 3 is 2.47 bits per heavy atom. The first kappa shape index (κ1) is 20.1. The van der Waals surface area contributed by atoms with E-state index in [1.807, 2.05) is 36.7 Å². The fourth-order valence-corrected chi connectivity index (χ4v) is 4.03. The molecule has 0 aliphatic rings. The highest BCUT2D eigenvalue weighted by atomic mass is 19.1. The third-order valence-electron chi connectivity index (χ3n) is 5.83. The van der Waals surface area contributed by atoms with Crippen molar-refractivity contribution in [1.29, 1.82) is 0 Å². The Morgan fingerprint density at radius 2 is 1.69 bits per heavy atom. The van der Waals surface area contributed by atoms with Gasteiger partial charge in [-0.25, -0.2) is 9.97 Å². The van der Waals surface area contributed by atoms with Crippen molar-refractivity contribution in [3.05, 3.63) is 113 Å². The minimum absolute atomic E-state index is 0.477. The standard InChI is InChI=1S/C27H23FN4/c1-18-3-4-19(2)23(13-18)17-32-25-15-21(22-6-8-26(28)30-16-22)5-7-24(25)31-27(32)14-20-9-11-29-12-10-20/h3-13,15-16H,14,17H2,1-2H3. The van der Waals surface area contributed by atoms with Crippen LogP contribution >= 0.6 is 0 Å². The van der Waals surface area contributed by atoms with Gasteiger partial charge in [0.2, 0.25) is 5.95 Å². The maximum atomic E-state index is 13.3. The van der Waals surface area contributed by atoms with E-state index in [-0.39, 0.29) is 0 Å². The maximum absolute atomic E-state index is 13.3. The zero-order chi connectivity index (χ0) is 22.1. The molecule has 0 saturated heterocycles. The van der Waals surface area contributed by atoms with Crippen molar-refractivity contribution in [2.45, 2.75) is 26.8 Å². The number of pyridine rings is 2. The van der Waals surface area contributed by atoms with Gasteiger partial charge in [-0.15, -0.1) is 0 Å². The normalized spacial score (nSPS) is 11.2. The first-order valence-electron chi connectivity index (χ1n) is 10.6. The van der Waals surface area contributed by atoms with E-state index in [0.717, 1.165) is 41.0 Å². The third kappa shape index (κ3) is 4.02. The van der Waals surface area contributed by atoms with Crippen molar-refractivity contribution in [1.82, 2.24) is 19.5 Å². The van der Waals surface area contributed by atoms with Crippen LogP contribution in [-0.2, 0) is 13.0 Å². The van der Waals surface area contributed by atoms with Gasteiger partial charge in [-0.05, 0) is 72.5 Å². The summed E-state index contributed by atoms with van der Waals surface area (Å²) in [7, 11) is 0. The van der Waals surface area contributed by atoms with Crippen LogP contribution in [0, 0.1) is 19.8 Å². The fourth-order valence-electron chi connectivity index (χ4n) is 4.03. The topological polar surface area (TPSA) is 43.6 Å². The van der Waals surface area contributed by atoms with Gasteiger partial charge in [-0.1, -0.05) is 29.8 Å². The summed E-state index contributed by atoms with van der Waals surface area (Å²) in [6, 6.07) is 19.9. The first-order valence-corrected chi connectivity index (χ1v) is 10.6. The molecule has 0 spiro atoms. The van der Waals surface area contributed by atoms with Crippen LogP contribution in [0.15, 0.2) is 79.3 Å². The lowest BCUT2D eigenvalue weighted by atomic mass is 10.0. The van der Waals surface area contributed by atoms with Gasteiger partial charge in [0.15, 0.2) is 0 Å². The van der Waals surface area contributed by atoms with Gasteiger partial charge in [0.1, 0.15) is 5.82 Å². The quantitative estimate of drug-likeness (QED) is 0.332. The van der Waals surface area contributed by atoms with E-state index in [0.29, 0.717) is 0 Å². The largest absolute Gasteiger partial charge is 0.323 e. The van der Waals surface area contributed by atoms with Crippen LogP contribution in [0.5, 0.6) is 0 Å². The lowest BCUT2D eigenvalue weighted by molar-refractivity contribution is 0.584. The van der Waals surface area contributed by atoms with Crippen molar-refractivity contribution >= 4 is 11.0 Å². The SMILES string of the molecule is Cc1ccc(C)c(Cn2c(Cc3ccncc3)nc3ccc(-c4ccc(F)nc4)cc32)c1. The predicted octanol–water partition coefficient (Wildman–Crippen LogP) is 5.89. The molecular weight excluding hydrogens is 399 g/mol. The smallest absolute Gasteiger partial charge is 0.212 e. The summed E-state index contributed by atoms with van der Waals surface area (Å²) in [5.41, 5.74) is 8.80. The average Bonchev–Trinajstić information content (AvgIpc) is 3.13. The molecule has 3 heterocycles. The van der Waals surface area contributed by atoms with E-state index < -0.39 is 5.95 Å². The monoisotopic (exact) mass is 422 g/mol. The number of aryl methyl sites for hydroxylation is 2. The number of nitrogens with zero attached hydrogens (tertiary/aromatic N) is 4. The first-order chi connectivity index (χ1) is 15.6. The van der Waals surface area contributed by atoms with Crippen LogP contribution in [0.25, 0.3) is 22.2 Å². The molecule has 4 nitrogen and oxygen atoms in total. The number of fused-ring (bicyclic) bond motifs is 1. The molecule has 3 aromatic heterocycles. The van der Waals surface area contributed by atoms with Gasteiger partial charge < -0.3 is 4.57 Å². The van der Waals surface area contributed by atoms with Crippen molar-refractivity contribution in [2.24, 2.45) is 0 Å². The number of aromatic nitrogens is 4. The van der Waals surface area contributed by atoms with Crippen LogP contribution in [0.3, 0.4) is 0 Å². The molecule has 0 bridgehead atoms. The number of benzene rings is 2. The Morgan fingerprint density at radius 1 is 0.875 bits per heavy atom. The van der Waals surface area contributed by atoms with Crippen molar-refractivity contribution in [3.63, 3.8) is 0 Å². The van der Waals surface area contributed by atoms with Crippen LogP contribution in [0.4, 0.5) is 4.39 Å². The van der Waals surface area contributed by atoms with Crippen LogP contribution in [-0.4, -0.2) is 19.5 Å². The lowest BCUT2D eigenvalue weighted by Gasteiger charge is -2.13. The summed E-state index contributed by atoms with van der Waals surface area (Å²) in [4.78, 5) is 12.9. The minimum Gasteiger partial charge on any atom is -0.323 e. The average molecular weight is 423 g/mol. The van der Waals surface area contributed by atoms with Gasteiger partial charge in [0.25, 0.3) is 0 Å². The maximum Gasteiger partial charge on any atom is 0.212 e. The lowest BCUT2D eigenvalue weighted by Crippen LogP contribution is -2.07. The molecule has 5 aromatic rings. The number of rotatable bonds is 5. The predicted molar refractivity (Wildman–Crippen MR) is 125 cm³/mol. The molecule has 2 aromatic carbocycles. The molecule has 0 unspecified atom stereocenters. The molecule has 0 aliphatic heterocycles. The highest BCUT2D eigenvalue weighted by Gasteiger charge is 2.14. The fraction of sp³-hybridized carbons (Fsp3) is 0.148. The van der Waals surface area contributed by atoms with E-state index >= 15 is 0 Å². The summed E-state index contributed by atoms with van der Waals surface area (Å²) in [5, 5.41) is 0. The summed E-state index contributed by atoms with van der Waals surface area (Å²) < 4.78 is 15.6. The Kier molecular flexibility index (Phi) is 5.23. The van der Waals surface area contributed by atoms with Crippen LogP contribution in [0.1, 0.15) is 28.1 Å². The molecule has 32 heavy (non-hydrogen) atoms. The van der Waals surface area contributed by atoms with Crippen LogP contribution < -0.4 is 0 Å². The number of hydrogen-bond acceptors (Lipinski definition) is 3. The van der Waals surface area contributed by atoms with E-state index in [4.69, 9.17) is 4.98 Å². The molecule has 0 aliphatic carbocycles. The van der Waals surface area contributed by atoms with Crippen molar-refractivity contribution in [2.75, 3.05) is 0 Å². The molecule has 0 saturated carbocycles. The number of hydrogen-bond donors (Lipinski definition) is 0. The second-order valence-electron chi connectivity index (χ2n) is 8.15. The van der Waals surface area contributed by atoms with E-state index in [9.17, 15) is 4.39 Å². The molecule has 0 amide bonds. The van der Waals surface area contributed by atoms with Crippen molar-refractivity contribution in [3.8, 4) is 11.1 Å². The third-order valence-corrected chi connectivity index (χ3v) is 5.83. The molecule has 0 atom stereocenters. The molecule has 158 valence electrons. The molecule has 0 fully saturated rings. The molecule has 5 heteroatoms. The second kappa shape index (κ2) is 8.35. The molecular formula is C27H23FN4. The Labute approximate surface area is 186 Å². The Hall–Kier alpha value is -3.86. The van der Waals surface area contributed by atoms with E-state index in [1.54, 1.807) is 12.3 Å². The van der Waals surface area contributed by atoms with Gasteiger partial charge in [0.05, 0.1) is 11.0 Å². The summed E-state index contributed by atoms with van der Waals surface area (Å²) in [5.74, 6) is 0.524. The van der Waals surface area contributed by atoms with Gasteiger partial charge in [-0.2, -0.15) is 4.39 Å². The Bertz CT molecular complexity index is 1390. The summed E-state index contributed by atoms with van der Waals surface area (Å²) in [6.45, 7) is 4.99. The molecule has 0 radical (unpaired) electrons. The highest BCUT2D eigenvalue weighted by Crippen LogP contribution is 2.27. The summed E-state index contributed by atoms with van der Waals surface area (Å²) >= 11 is 0. The van der Waals surface area contributed by atoms with Gasteiger partial charge >= 0.3 is 0 Å². The zero-order valence-corrected chi connectivity index (χ0v) is 18.1. The van der Waals surface area contributed by atoms with E-state index in [1.165, 1.54) is 28.3 Å². The number of imidazole rings is 1. The van der Waals surface area contributed by atoms with Gasteiger partial charge in [-0.3, -0.25) is 4.98 Å². The van der Waals surface area contributed by atoms with Crippen LogP contribution in [0.2, 0.25) is 0 Å². The summed E-state index contributed by atoms with van der Waals surface area (Å²) in [6.07, 6.45) is 5.91. The van der Waals surface area contributed by atoms with Gasteiger partial charge in [0, 0.05) is 37.1 Å². The minimum atomic E-state index is -0.477. The van der Waals surface area contributed by atoms with E-state index in [2.05, 4.69) is 52.6 Å². The second-order valence-corrected chi connectivity index (χ2v) is 8.15. The zero-order valence-electron chi connectivity index (χ0n) is 18.1. The Balaban J connectivity index is 1.65. The molecule has 0 N–H and O–H groups in total.